The SMILES string of the molecule is CN1CCN(c2ccc(-c3cc(N)n[nH]3)cc2Cl)CC1. The molecule has 1 aliphatic heterocycles. The molecule has 6 heteroatoms. The minimum Gasteiger partial charge on any atom is -0.382 e. The molecule has 1 aliphatic rings. The molecule has 106 valence electrons. The van der Waals surface area contributed by atoms with Crippen LogP contribution in [-0.2, 0) is 0 Å². The molecule has 5 nitrogen and oxygen atoms in total. The van der Waals surface area contributed by atoms with Crippen molar-refractivity contribution in [2.45, 2.75) is 0 Å². The number of benzene rings is 1. The molecule has 0 unspecified atom stereocenters. The van der Waals surface area contributed by atoms with Gasteiger partial charge in [-0.15, -0.1) is 0 Å². The molecule has 3 N–H and O–H groups in total. The van der Waals surface area contributed by atoms with Crippen molar-refractivity contribution in [1.82, 2.24) is 15.1 Å². The monoisotopic (exact) mass is 291 g/mol. The minimum atomic E-state index is 0.485. The number of nitrogens with two attached hydrogens (primary N) is 1. The summed E-state index contributed by atoms with van der Waals surface area (Å²) < 4.78 is 0. The molecule has 0 bridgehead atoms. The second kappa shape index (κ2) is 5.34. The summed E-state index contributed by atoms with van der Waals surface area (Å²) >= 11 is 6.43. The van der Waals surface area contributed by atoms with E-state index in [9.17, 15) is 0 Å². The van der Waals surface area contributed by atoms with E-state index in [-0.39, 0.29) is 0 Å². The number of piperazine rings is 1. The van der Waals surface area contributed by atoms with E-state index in [2.05, 4.69) is 33.1 Å². The number of nitrogens with one attached hydrogen (secondary N) is 1. The van der Waals surface area contributed by atoms with E-state index in [4.69, 9.17) is 17.3 Å². The summed E-state index contributed by atoms with van der Waals surface area (Å²) in [5.74, 6) is 0.485. The predicted molar refractivity (Wildman–Crippen MR) is 83.2 cm³/mol. The first-order chi connectivity index (χ1) is 9.63. The van der Waals surface area contributed by atoms with Crippen molar-refractivity contribution in [2.24, 2.45) is 0 Å². The number of anilines is 2. The second-order valence-electron chi connectivity index (χ2n) is 5.16. The molecule has 0 radical (unpaired) electrons. The van der Waals surface area contributed by atoms with Crippen molar-refractivity contribution in [3.8, 4) is 11.3 Å². The fourth-order valence-corrected chi connectivity index (χ4v) is 2.76. The number of nitrogens with zero attached hydrogens (tertiary/aromatic N) is 3. The first kappa shape index (κ1) is 13.3. The van der Waals surface area contributed by atoms with Crippen LogP contribution in [0.15, 0.2) is 24.3 Å². The quantitative estimate of drug-likeness (QED) is 0.889. The van der Waals surface area contributed by atoms with Gasteiger partial charge < -0.3 is 15.5 Å². The average Bonchev–Trinajstić information content (AvgIpc) is 2.87. The standard InChI is InChI=1S/C14H18ClN5/c1-19-4-6-20(7-5-19)13-3-2-10(8-11(13)15)12-9-14(16)18-17-12/h2-3,8-9H,4-7H2,1H3,(H3,16,17,18). The average molecular weight is 292 g/mol. The Morgan fingerprint density at radius 2 is 1.95 bits per heavy atom. The molecule has 0 spiro atoms. The lowest BCUT2D eigenvalue weighted by molar-refractivity contribution is 0.313. The molecule has 0 atom stereocenters. The van der Waals surface area contributed by atoms with Crippen LogP contribution < -0.4 is 10.6 Å². The van der Waals surface area contributed by atoms with Crippen LogP contribution in [0, 0.1) is 0 Å². The third-order valence-corrected chi connectivity index (χ3v) is 4.00. The van der Waals surface area contributed by atoms with E-state index in [1.807, 2.05) is 12.1 Å². The van der Waals surface area contributed by atoms with E-state index in [0.29, 0.717) is 5.82 Å². The molecule has 1 saturated heterocycles. The summed E-state index contributed by atoms with van der Waals surface area (Å²) in [6.07, 6.45) is 0. The minimum absolute atomic E-state index is 0.485. The first-order valence-corrected chi connectivity index (χ1v) is 7.05. The summed E-state index contributed by atoms with van der Waals surface area (Å²) in [6.45, 7) is 4.14. The number of nitrogen functional groups attached to an aromatic ring is 1. The number of halogens is 1. The zero-order valence-corrected chi connectivity index (χ0v) is 12.2. The number of rotatable bonds is 2. The molecule has 1 aromatic heterocycles. The summed E-state index contributed by atoms with van der Waals surface area (Å²) in [4.78, 5) is 4.65. The Morgan fingerprint density at radius 1 is 1.20 bits per heavy atom. The van der Waals surface area contributed by atoms with Crippen LogP contribution in [0.1, 0.15) is 0 Å². The Hall–Kier alpha value is -1.72. The first-order valence-electron chi connectivity index (χ1n) is 6.68. The number of hydrogen-bond acceptors (Lipinski definition) is 4. The number of H-pyrrole nitrogens is 1. The van der Waals surface area contributed by atoms with Gasteiger partial charge in [-0.25, -0.2) is 0 Å². The number of likely N-dealkylation sites (N-methyl/N-ethyl adjacent to an activating group) is 1. The lowest BCUT2D eigenvalue weighted by Crippen LogP contribution is -2.44. The highest BCUT2D eigenvalue weighted by molar-refractivity contribution is 6.33. The fraction of sp³-hybridized carbons (Fsp3) is 0.357. The molecule has 1 aromatic carbocycles. The molecule has 2 heterocycles. The van der Waals surface area contributed by atoms with E-state index >= 15 is 0 Å². The van der Waals surface area contributed by atoms with Crippen LogP contribution in [-0.4, -0.2) is 48.3 Å². The van der Waals surface area contributed by atoms with Crippen LogP contribution in [0.5, 0.6) is 0 Å². The summed E-state index contributed by atoms with van der Waals surface area (Å²) in [5.41, 5.74) is 8.60. The van der Waals surface area contributed by atoms with Crippen LogP contribution in [0.2, 0.25) is 5.02 Å². The van der Waals surface area contributed by atoms with Crippen LogP contribution in [0.25, 0.3) is 11.3 Å². The Kier molecular flexibility index (Phi) is 3.54. The van der Waals surface area contributed by atoms with Gasteiger partial charge in [0.25, 0.3) is 0 Å². The second-order valence-corrected chi connectivity index (χ2v) is 5.57. The van der Waals surface area contributed by atoms with Crippen molar-refractivity contribution in [3.63, 3.8) is 0 Å². The van der Waals surface area contributed by atoms with E-state index in [0.717, 1.165) is 48.1 Å². The Bertz CT molecular complexity index is 601. The topological polar surface area (TPSA) is 61.2 Å². The van der Waals surface area contributed by atoms with Gasteiger partial charge in [0, 0.05) is 37.8 Å². The van der Waals surface area contributed by atoms with Crippen molar-refractivity contribution < 1.29 is 0 Å². The predicted octanol–water partition coefficient (Wildman–Crippen LogP) is 2.06. The van der Waals surface area contributed by atoms with Gasteiger partial charge >= 0.3 is 0 Å². The van der Waals surface area contributed by atoms with Crippen molar-refractivity contribution >= 4 is 23.1 Å². The highest BCUT2D eigenvalue weighted by atomic mass is 35.5. The van der Waals surface area contributed by atoms with Gasteiger partial charge in [-0.05, 0) is 19.2 Å². The highest BCUT2D eigenvalue weighted by Crippen LogP contribution is 2.31. The zero-order valence-electron chi connectivity index (χ0n) is 11.4. The van der Waals surface area contributed by atoms with Gasteiger partial charge in [-0.1, -0.05) is 17.7 Å². The molecule has 3 rings (SSSR count). The lowest BCUT2D eigenvalue weighted by Gasteiger charge is -2.34. The maximum atomic E-state index is 6.43. The Labute approximate surface area is 123 Å². The Morgan fingerprint density at radius 3 is 2.55 bits per heavy atom. The molecule has 20 heavy (non-hydrogen) atoms. The molecule has 2 aromatic rings. The summed E-state index contributed by atoms with van der Waals surface area (Å²) in [6, 6.07) is 7.88. The number of aromatic nitrogens is 2. The van der Waals surface area contributed by atoms with Crippen molar-refractivity contribution in [3.05, 3.63) is 29.3 Å². The fourth-order valence-electron chi connectivity index (χ4n) is 2.46. The lowest BCUT2D eigenvalue weighted by atomic mass is 10.1. The van der Waals surface area contributed by atoms with Gasteiger partial charge in [-0.2, -0.15) is 5.10 Å². The van der Waals surface area contributed by atoms with Gasteiger partial charge in [0.1, 0.15) is 5.82 Å². The molecular formula is C14H18ClN5. The summed E-state index contributed by atoms with van der Waals surface area (Å²) in [7, 11) is 2.14. The Balaban J connectivity index is 1.84. The normalized spacial score (nSPS) is 16.6. The van der Waals surface area contributed by atoms with E-state index < -0.39 is 0 Å². The van der Waals surface area contributed by atoms with Crippen molar-refractivity contribution in [1.29, 1.82) is 0 Å². The molecule has 0 saturated carbocycles. The van der Waals surface area contributed by atoms with Crippen molar-refractivity contribution in [2.75, 3.05) is 43.9 Å². The smallest absolute Gasteiger partial charge is 0.145 e. The molecule has 0 amide bonds. The third-order valence-electron chi connectivity index (χ3n) is 3.70. The van der Waals surface area contributed by atoms with E-state index in [1.54, 1.807) is 6.07 Å². The molecular weight excluding hydrogens is 274 g/mol. The maximum absolute atomic E-state index is 6.43. The van der Waals surface area contributed by atoms with E-state index in [1.165, 1.54) is 0 Å². The third kappa shape index (κ3) is 2.59. The zero-order chi connectivity index (χ0) is 14.1. The van der Waals surface area contributed by atoms with Gasteiger partial charge in [-0.3, -0.25) is 5.10 Å². The molecule has 0 aliphatic carbocycles. The van der Waals surface area contributed by atoms with Gasteiger partial charge in [0.15, 0.2) is 0 Å². The number of aromatic amines is 1. The van der Waals surface area contributed by atoms with Crippen LogP contribution in [0.4, 0.5) is 11.5 Å². The van der Waals surface area contributed by atoms with Crippen LogP contribution in [0.3, 0.4) is 0 Å². The van der Waals surface area contributed by atoms with Gasteiger partial charge in [0.05, 0.1) is 16.4 Å². The van der Waals surface area contributed by atoms with Gasteiger partial charge in [0.2, 0.25) is 0 Å². The number of hydrogen-bond donors (Lipinski definition) is 2. The maximum Gasteiger partial charge on any atom is 0.145 e. The summed E-state index contributed by atoms with van der Waals surface area (Å²) in [5, 5.41) is 7.60. The highest BCUT2D eigenvalue weighted by Gasteiger charge is 2.17. The largest absolute Gasteiger partial charge is 0.382 e. The molecule has 1 fully saturated rings. The van der Waals surface area contributed by atoms with Crippen LogP contribution >= 0.6 is 11.6 Å².